The van der Waals surface area contributed by atoms with E-state index in [9.17, 15) is 4.79 Å². The minimum Gasteiger partial charge on any atom is -0.493 e. The number of carbonyl (C=O) groups excluding carboxylic acids is 1. The molecule has 0 atom stereocenters. The molecule has 6 heteroatoms. The molecule has 2 fully saturated rings. The van der Waals surface area contributed by atoms with Crippen LogP contribution in [0.4, 0.5) is 0 Å². The first-order chi connectivity index (χ1) is 14.5. The van der Waals surface area contributed by atoms with Crippen LogP contribution in [0.15, 0.2) is 24.3 Å². The summed E-state index contributed by atoms with van der Waals surface area (Å²) in [6.07, 6.45) is 9.54. The van der Waals surface area contributed by atoms with Gasteiger partial charge < -0.3 is 19.5 Å². The van der Waals surface area contributed by atoms with E-state index in [1.807, 2.05) is 38.1 Å². The van der Waals surface area contributed by atoms with Crippen molar-refractivity contribution in [3.8, 4) is 11.5 Å². The molecule has 0 radical (unpaired) electrons. The van der Waals surface area contributed by atoms with Gasteiger partial charge in [-0.15, -0.1) is 0 Å². The maximum absolute atomic E-state index is 12.6. The minimum atomic E-state index is -0.0605. The monoisotopic (exact) mass is 416 g/mol. The van der Waals surface area contributed by atoms with Crippen LogP contribution in [0.3, 0.4) is 0 Å². The Labute approximate surface area is 180 Å². The average molecular weight is 417 g/mol. The van der Waals surface area contributed by atoms with E-state index < -0.39 is 0 Å². The Bertz CT molecular complexity index is 720. The number of morpholine rings is 1. The lowest BCUT2D eigenvalue weighted by Gasteiger charge is -2.48. The molecule has 0 spiro atoms. The second-order valence-corrected chi connectivity index (χ2v) is 8.51. The molecule has 1 aliphatic heterocycles. The van der Waals surface area contributed by atoms with E-state index >= 15 is 0 Å². The first-order valence-electron chi connectivity index (χ1n) is 11.2. The maximum Gasteiger partial charge on any atom is 0.244 e. The Kier molecular flexibility index (Phi) is 8.16. The van der Waals surface area contributed by atoms with E-state index in [1.54, 1.807) is 13.2 Å². The van der Waals surface area contributed by atoms with Gasteiger partial charge in [0.05, 0.1) is 26.4 Å². The molecule has 1 heterocycles. The predicted molar refractivity (Wildman–Crippen MR) is 119 cm³/mol. The number of benzene rings is 1. The van der Waals surface area contributed by atoms with E-state index in [2.05, 4.69) is 10.2 Å². The Hall–Kier alpha value is -2.05. The molecule has 2 aliphatic rings. The second kappa shape index (κ2) is 10.8. The van der Waals surface area contributed by atoms with Crippen LogP contribution < -0.4 is 14.8 Å². The molecule has 3 rings (SSSR count). The van der Waals surface area contributed by atoms with Crippen LogP contribution in [0.25, 0.3) is 6.08 Å². The molecule has 1 saturated carbocycles. The van der Waals surface area contributed by atoms with E-state index in [0.717, 1.165) is 44.7 Å². The van der Waals surface area contributed by atoms with Crippen LogP contribution in [0.2, 0.25) is 0 Å². The third kappa shape index (κ3) is 5.99. The lowest BCUT2D eigenvalue weighted by molar-refractivity contribution is -0.117. The Morgan fingerprint density at radius 3 is 2.60 bits per heavy atom. The summed E-state index contributed by atoms with van der Waals surface area (Å²) in [4.78, 5) is 15.1. The number of hydrogen-bond donors (Lipinski definition) is 1. The lowest BCUT2D eigenvalue weighted by atomic mass is 9.79. The molecule has 6 nitrogen and oxygen atoms in total. The standard InChI is InChI=1S/C24H36N2O4/c1-19(2)30-21-9-7-20(17-22(21)28-3)8-10-23(27)25-18-24(11-5-4-6-12-24)26-13-15-29-16-14-26/h7-10,17,19H,4-6,11-16,18H2,1-3H3,(H,25,27)/b10-8+. The summed E-state index contributed by atoms with van der Waals surface area (Å²) in [5.74, 6) is 1.31. The van der Waals surface area contributed by atoms with Crippen LogP contribution in [-0.4, -0.2) is 62.4 Å². The van der Waals surface area contributed by atoms with Gasteiger partial charge in [0.1, 0.15) is 0 Å². The van der Waals surface area contributed by atoms with Crippen LogP contribution in [0.5, 0.6) is 11.5 Å². The zero-order chi connectivity index (χ0) is 21.4. The third-order valence-electron chi connectivity index (χ3n) is 6.04. The van der Waals surface area contributed by atoms with Crippen molar-refractivity contribution in [1.82, 2.24) is 10.2 Å². The zero-order valence-corrected chi connectivity index (χ0v) is 18.6. The van der Waals surface area contributed by atoms with Crippen molar-refractivity contribution in [2.45, 2.75) is 57.6 Å². The highest BCUT2D eigenvalue weighted by atomic mass is 16.5. The summed E-state index contributed by atoms with van der Waals surface area (Å²) in [5, 5.41) is 3.16. The van der Waals surface area contributed by atoms with Gasteiger partial charge in [-0.05, 0) is 50.5 Å². The molecule has 1 N–H and O–H groups in total. The van der Waals surface area contributed by atoms with Gasteiger partial charge in [-0.3, -0.25) is 9.69 Å². The number of carbonyl (C=O) groups is 1. The highest BCUT2D eigenvalue weighted by Gasteiger charge is 2.38. The first-order valence-corrected chi connectivity index (χ1v) is 11.2. The fourth-order valence-corrected chi connectivity index (χ4v) is 4.47. The lowest BCUT2D eigenvalue weighted by Crippen LogP contribution is -2.59. The van der Waals surface area contributed by atoms with Gasteiger partial charge in [0.25, 0.3) is 0 Å². The van der Waals surface area contributed by atoms with Crippen molar-refractivity contribution in [3.05, 3.63) is 29.8 Å². The predicted octanol–water partition coefficient (Wildman–Crippen LogP) is 3.65. The molecule has 0 bridgehead atoms. The second-order valence-electron chi connectivity index (χ2n) is 8.51. The highest BCUT2D eigenvalue weighted by molar-refractivity contribution is 5.91. The quantitative estimate of drug-likeness (QED) is 0.656. The fraction of sp³-hybridized carbons (Fsp3) is 0.625. The van der Waals surface area contributed by atoms with Crippen molar-refractivity contribution < 1.29 is 19.0 Å². The Morgan fingerprint density at radius 1 is 1.20 bits per heavy atom. The first kappa shape index (κ1) is 22.6. The van der Waals surface area contributed by atoms with Gasteiger partial charge in [-0.2, -0.15) is 0 Å². The van der Waals surface area contributed by atoms with Gasteiger partial charge in [0.15, 0.2) is 11.5 Å². The molecule has 1 aromatic rings. The molecule has 166 valence electrons. The van der Waals surface area contributed by atoms with E-state index in [0.29, 0.717) is 18.0 Å². The molecule has 1 saturated heterocycles. The summed E-state index contributed by atoms with van der Waals surface area (Å²) in [5.41, 5.74) is 0.976. The van der Waals surface area contributed by atoms with Gasteiger partial charge in [0.2, 0.25) is 5.91 Å². The molecule has 1 aromatic carbocycles. The van der Waals surface area contributed by atoms with Gasteiger partial charge >= 0.3 is 0 Å². The number of nitrogens with zero attached hydrogens (tertiary/aromatic N) is 1. The largest absolute Gasteiger partial charge is 0.493 e. The minimum absolute atomic E-state index is 0.0605. The van der Waals surface area contributed by atoms with Crippen molar-refractivity contribution in [3.63, 3.8) is 0 Å². The Morgan fingerprint density at radius 2 is 1.93 bits per heavy atom. The number of methoxy groups -OCH3 is 1. The van der Waals surface area contributed by atoms with Crippen molar-refractivity contribution in [2.75, 3.05) is 40.0 Å². The SMILES string of the molecule is COc1cc(/C=C/C(=O)NCC2(N3CCOCC3)CCCCC2)ccc1OC(C)C. The van der Waals surface area contributed by atoms with E-state index in [1.165, 1.54) is 19.3 Å². The van der Waals surface area contributed by atoms with Crippen LogP contribution in [0.1, 0.15) is 51.5 Å². The van der Waals surface area contributed by atoms with Crippen molar-refractivity contribution in [2.24, 2.45) is 0 Å². The number of amides is 1. The fourth-order valence-electron chi connectivity index (χ4n) is 4.47. The zero-order valence-electron chi connectivity index (χ0n) is 18.6. The van der Waals surface area contributed by atoms with Gasteiger partial charge in [-0.25, -0.2) is 0 Å². The molecule has 0 aromatic heterocycles. The third-order valence-corrected chi connectivity index (χ3v) is 6.04. The van der Waals surface area contributed by atoms with E-state index in [4.69, 9.17) is 14.2 Å². The smallest absolute Gasteiger partial charge is 0.244 e. The van der Waals surface area contributed by atoms with Crippen LogP contribution >= 0.6 is 0 Å². The number of hydrogen-bond acceptors (Lipinski definition) is 5. The average Bonchev–Trinajstić information content (AvgIpc) is 2.78. The van der Waals surface area contributed by atoms with Crippen molar-refractivity contribution in [1.29, 1.82) is 0 Å². The van der Waals surface area contributed by atoms with Gasteiger partial charge in [0, 0.05) is 31.2 Å². The van der Waals surface area contributed by atoms with Crippen LogP contribution in [0, 0.1) is 0 Å². The van der Waals surface area contributed by atoms with E-state index in [-0.39, 0.29) is 17.6 Å². The molecular weight excluding hydrogens is 380 g/mol. The molecule has 1 aliphatic carbocycles. The normalized spacial score (nSPS) is 19.7. The summed E-state index contributed by atoms with van der Waals surface area (Å²) < 4.78 is 16.7. The molecule has 1 amide bonds. The number of ether oxygens (including phenoxy) is 3. The van der Waals surface area contributed by atoms with Crippen molar-refractivity contribution >= 4 is 12.0 Å². The summed E-state index contributed by atoms with van der Waals surface area (Å²) in [7, 11) is 1.62. The molecule has 30 heavy (non-hydrogen) atoms. The molecule has 0 unspecified atom stereocenters. The summed E-state index contributed by atoms with van der Waals surface area (Å²) in [6.45, 7) is 8.14. The maximum atomic E-state index is 12.6. The summed E-state index contributed by atoms with van der Waals surface area (Å²) in [6, 6.07) is 5.70. The number of rotatable bonds is 8. The summed E-state index contributed by atoms with van der Waals surface area (Å²) >= 11 is 0. The van der Waals surface area contributed by atoms with Crippen LogP contribution in [-0.2, 0) is 9.53 Å². The number of nitrogens with one attached hydrogen (secondary N) is 1. The topological polar surface area (TPSA) is 60.0 Å². The molecular formula is C24H36N2O4. The highest BCUT2D eigenvalue weighted by Crippen LogP contribution is 2.34. The Balaban J connectivity index is 1.60. The van der Waals surface area contributed by atoms with Gasteiger partial charge in [-0.1, -0.05) is 25.3 Å².